The molecule has 0 amide bonds. The van der Waals surface area contributed by atoms with Crippen LogP contribution in [0.5, 0.6) is 0 Å². The van der Waals surface area contributed by atoms with Crippen molar-refractivity contribution in [3.8, 4) is 0 Å². The van der Waals surface area contributed by atoms with Crippen molar-refractivity contribution < 1.29 is 9.53 Å². The second-order valence-electron chi connectivity index (χ2n) is 4.79. The highest BCUT2D eigenvalue weighted by Crippen LogP contribution is 2.13. The van der Waals surface area contributed by atoms with Crippen LogP contribution in [0.15, 0.2) is 6.20 Å². The zero-order valence-electron chi connectivity index (χ0n) is 11.5. The third-order valence-electron chi connectivity index (χ3n) is 3.45. The molecule has 2 rings (SSSR count). The third kappa shape index (κ3) is 3.47. The van der Waals surface area contributed by atoms with Gasteiger partial charge in [-0.3, -0.25) is 0 Å². The van der Waals surface area contributed by atoms with Crippen molar-refractivity contribution in [3.63, 3.8) is 0 Å². The van der Waals surface area contributed by atoms with E-state index in [9.17, 15) is 4.79 Å². The topological polar surface area (TPSA) is 73.4 Å². The number of anilines is 1. The van der Waals surface area contributed by atoms with Crippen LogP contribution in [0, 0.1) is 0 Å². The molecule has 0 bridgehead atoms. The van der Waals surface area contributed by atoms with E-state index >= 15 is 0 Å². The molecule has 0 unspecified atom stereocenters. The highest BCUT2D eigenvalue weighted by Gasteiger charge is 2.17. The van der Waals surface area contributed by atoms with Gasteiger partial charge in [-0.15, -0.1) is 0 Å². The van der Waals surface area contributed by atoms with Gasteiger partial charge in [-0.1, -0.05) is 6.42 Å². The summed E-state index contributed by atoms with van der Waals surface area (Å²) in [4.78, 5) is 14.0. The van der Waals surface area contributed by atoms with Crippen molar-refractivity contribution in [1.29, 1.82) is 0 Å². The summed E-state index contributed by atoms with van der Waals surface area (Å²) in [5.74, 6) is -0.000294. The normalized spacial score (nSPS) is 16.5. The first kappa shape index (κ1) is 13.9. The molecule has 6 heteroatoms. The number of nitrogens with two attached hydrogens (primary N) is 1. The zero-order chi connectivity index (χ0) is 13.7. The van der Waals surface area contributed by atoms with Gasteiger partial charge in [-0.05, 0) is 32.9 Å². The van der Waals surface area contributed by atoms with Gasteiger partial charge in [-0.2, -0.15) is 5.10 Å². The summed E-state index contributed by atoms with van der Waals surface area (Å²) in [6.07, 6.45) is 5.35. The Morgan fingerprint density at radius 3 is 2.79 bits per heavy atom. The van der Waals surface area contributed by atoms with Crippen LogP contribution in [0.2, 0.25) is 0 Å². The minimum atomic E-state index is -0.399. The lowest BCUT2D eigenvalue weighted by Crippen LogP contribution is -2.33. The van der Waals surface area contributed by atoms with E-state index in [2.05, 4.69) is 10.00 Å². The number of esters is 1. The standard InChI is InChI=1S/C13H22N4O2/c1-2-19-13(18)11-10-15-17(12(11)14)9-8-16-6-4-3-5-7-16/h10H,2-9,14H2,1H3. The molecule has 0 radical (unpaired) electrons. The number of rotatable bonds is 5. The second-order valence-corrected chi connectivity index (χ2v) is 4.79. The van der Waals surface area contributed by atoms with E-state index in [0.717, 1.165) is 19.6 Å². The molecule has 0 aromatic carbocycles. The minimum absolute atomic E-state index is 0.344. The molecule has 19 heavy (non-hydrogen) atoms. The fourth-order valence-corrected chi connectivity index (χ4v) is 2.36. The number of nitrogens with zero attached hydrogens (tertiary/aromatic N) is 3. The highest BCUT2D eigenvalue weighted by molar-refractivity contribution is 5.93. The summed E-state index contributed by atoms with van der Waals surface area (Å²) in [7, 11) is 0. The van der Waals surface area contributed by atoms with Crippen molar-refractivity contribution in [1.82, 2.24) is 14.7 Å². The monoisotopic (exact) mass is 266 g/mol. The van der Waals surface area contributed by atoms with Crippen LogP contribution in [0.1, 0.15) is 36.5 Å². The molecule has 1 aliphatic heterocycles. The molecule has 1 fully saturated rings. The van der Waals surface area contributed by atoms with E-state index in [0.29, 0.717) is 24.5 Å². The third-order valence-corrected chi connectivity index (χ3v) is 3.45. The maximum Gasteiger partial charge on any atom is 0.343 e. The van der Waals surface area contributed by atoms with Gasteiger partial charge in [-0.25, -0.2) is 9.48 Å². The molecule has 2 heterocycles. The van der Waals surface area contributed by atoms with Gasteiger partial charge in [0.05, 0.1) is 19.3 Å². The molecule has 0 aliphatic carbocycles. The number of likely N-dealkylation sites (tertiary alicyclic amines) is 1. The van der Waals surface area contributed by atoms with Crippen LogP contribution >= 0.6 is 0 Å². The molecule has 106 valence electrons. The summed E-state index contributed by atoms with van der Waals surface area (Å²) >= 11 is 0. The number of carbonyl (C=O) groups is 1. The predicted molar refractivity (Wildman–Crippen MR) is 72.9 cm³/mol. The lowest BCUT2D eigenvalue weighted by Gasteiger charge is -2.26. The SMILES string of the molecule is CCOC(=O)c1cnn(CCN2CCCCC2)c1N. The quantitative estimate of drug-likeness (QED) is 0.809. The van der Waals surface area contributed by atoms with Crippen LogP contribution in [0.3, 0.4) is 0 Å². The van der Waals surface area contributed by atoms with Crippen LogP contribution in [-0.2, 0) is 11.3 Å². The first-order valence-electron chi connectivity index (χ1n) is 6.93. The fraction of sp³-hybridized carbons (Fsp3) is 0.692. The fourth-order valence-electron chi connectivity index (χ4n) is 2.36. The van der Waals surface area contributed by atoms with Gasteiger partial charge >= 0.3 is 5.97 Å². The minimum Gasteiger partial charge on any atom is -0.462 e. The number of ether oxygens (including phenoxy) is 1. The summed E-state index contributed by atoms with van der Waals surface area (Å²) in [5.41, 5.74) is 6.29. The van der Waals surface area contributed by atoms with Gasteiger partial charge in [0.2, 0.25) is 0 Å². The highest BCUT2D eigenvalue weighted by atomic mass is 16.5. The molecule has 0 spiro atoms. The summed E-state index contributed by atoms with van der Waals surface area (Å²) < 4.78 is 6.62. The van der Waals surface area contributed by atoms with Gasteiger partial charge in [0, 0.05) is 6.54 Å². The Morgan fingerprint density at radius 2 is 2.11 bits per heavy atom. The van der Waals surface area contributed by atoms with Crippen molar-refractivity contribution in [2.24, 2.45) is 0 Å². The number of carbonyl (C=O) groups excluding carboxylic acids is 1. The molecule has 0 atom stereocenters. The van der Waals surface area contributed by atoms with E-state index < -0.39 is 5.97 Å². The van der Waals surface area contributed by atoms with Crippen LogP contribution in [0.4, 0.5) is 5.82 Å². The Hall–Kier alpha value is -1.56. The van der Waals surface area contributed by atoms with E-state index in [1.54, 1.807) is 11.6 Å². The molecular formula is C13H22N4O2. The number of hydrogen-bond donors (Lipinski definition) is 1. The molecule has 1 aromatic rings. The average Bonchev–Trinajstić information content (AvgIpc) is 2.79. The van der Waals surface area contributed by atoms with Crippen molar-refractivity contribution >= 4 is 11.8 Å². The van der Waals surface area contributed by atoms with Crippen LogP contribution in [-0.4, -0.2) is 46.9 Å². The lowest BCUT2D eigenvalue weighted by molar-refractivity contribution is 0.0527. The molecule has 0 saturated carbocycles. The summed E-state index contributed by atoms with van der Waals surface area (Å²) in [5, 5.41) is 4.17. The Kier molecular flexibility index (Phi) is 4.79. The van der Waals surface area contributed by atoms with E-state index in [-0.39, 0.29) is 0 Å². The summed E-state index contributed by atoms with van der Waals surface area (Å²) in [6.45, 7) is 6.04. The van der Waals surface area contributed by atoms with Gasteiger partial charge < -0.3 is 15.4 Å². The van der Waals surface area contributed by atoms with Crippen LogP contribution in [0.25, 0.3) is 0 Å². The number of hydrogen-bond acceptors (Lipinski definition) is 5. The van der Waals surface area contributed by atoms with E-state index in [1.807, 2.05) is 0 Å². The molecule has 1 saturated heterocycles. The van der Waals surface area contributed by atoms with Gasteiger partial charge in [0.1, 0.15) is 11.4 Å². The maximum absolute atomic E-state index is 11.6. The summed E-state index contributed by atoms with van der Waals surface area (Å²) in [6, 6.07) is 0. The molecule has 6 nitrogen and oxygen atoms in total. The van der Waals surface area contributed by atoms with Gasteiger partial charge in [0.15, 0.2) is 0 Å². The Labute approximate surface area is 113 Å². The second kappa shape index (κ2) is 6.56. The van der Waals surface area contributed by atoms with E-state index in [1.165, 1.54) is 25.5 Å². The molecular weight excluding hydrogens is 244 g/mol. The Bertz CT molecular complexity index is 424. The van der Waals surface area contributed by atoms with Gasteiger partial charge in [0.25, 0.3) is 0 Å². The number of piperidine rings is 1. The largest absolute Gasteiger partial charge is 0.462 e. The molecule has 1 aromatic heterocycles. The smallest absolute Gasteiger partial charge is 0.343 e. The van der Waals surface area contributed by atoms with Crippen molar-refractivity contribution in [3.05, 3.63) is 11.8 Å². The van der Waals surface area contributed by atoms with Crippen molar-refractivity contribution in [2.75, 3.05) is 32.0 Å². The maximum atomic E-state index is 11.6. The molecule has 2 N–H and O–H groups in total. The zero-order valence-corrected chi connectivity index (χ0v) is 11.5. The Balaban J connectivity index is 1.91. The van der Waals surface area contributed by atoms with Crippen LogP contribution < -0.4 is 5.73 Å². The van der Waals surface area contributed by atoms with E-state index in [4.69, 9.17) is 10.5 Å². The average molecular weight is 266 g/mol. The first-order chi connectivity index (χ1) is 9.22. The number of aromatic nitrogens is 2. The first-order valence-corrected chi connectivity index (χ1v) is 6.93. The number of nitrogen functional groups attached to an aromatic ring is 1. The molecule has 1 aliphatic rings. The Morgan fingerprint density at radius 1 is 1.37 bits per heavy atom. The van der Waals surface area contributed by atoms with Crippen molar-refractivity contribution in [2.45, 2.75) is 32.7 Å². The predicted octanol–water partition coefficient (Wildman–Crippen LogP) is 1.13. The lowest BCUT2D eigenvalue weighted by atomic mass is 10.1.